The van der Waals surface area contributed by atoms with E-state index in [4.69, 9.17) is 23.1 Å². The molecule has 0 bridgehead atoms. The van der Waals surface area contributed by atoms with Crippen molar-refractivity contribution in [1.82, 2.24) is 0 Å². The normalized spacial score (nSPS) is 24.0. The second-order valence-electron chi connectivity index (χ2n) is 7.89. The van der Waals surface area contributed by atoms with Crippen LogP contribution in [0.25, 0.3) is 0 Å². The van der Waals surface area contributed by atoms with Crippen LogP contribution in [0.1, 0.15) is 12.8 Å². The molecule has 0 radical (unpaired) electrons. The Balaban J connectivity index is 1.50. The quantitative estimate of drug-likeness (QED) is 0.270. The molecule has 0 N–H and O–H groups in total. The zero-order valence-corrected chi connectivity index (χ0v) is 17.3. The van der Waals surface area contributed by atoms with Gasteiger partial charge in [0.1, 0.15) is 12.2 Å². The van der Waals surface area contributed by atoms with Gasteiger partial charge < -0.3 is 23.1 Å². The monoisotopic (exact) mass is 362 g/mol. The molecule has 0 aromatic carbocycles. The molecule has 0 saturated carbocycles. The predicted molar refractivity (Wildman–Crippen MR) is 96.0 cm³/mol. The lowest BCUT2D eigenvalue weighted by Crippen LogP contribution is -2.44. The van der Waals surface area contributed by atoms with Crippen molar-refractivity contribution in [3.8, 4) is 0 Å². The lowest BCUT2D eigenvalue weighted by atomic mass is 10.5. The second-order valence-corrected chi connectivity index (χ2v) is 16.7. The Morgan fingerprint density at radius 2 is 1.17 bits per heavy atom. The van der Waals surface area contributed by atoms with Gasteiger partial charge in [-0.05, 0) is 51.1 Å². The molecule has 2 aliphatic rings. The van der Waals surface area contributed by atoms with E-state index in [2.05, 4.69) is 26.2 Å². The van der Waals surface area contributed by atoms with Gasteiger partial charge in [0.15, 0.2) is 16.6 Å². The van der Waals surface area contributed by atoms with Gasteiger partial charge in [0.05, 0.1) is 26.4 Å². The molecular formula is C16H34O5Si2. The van der Waals surface area contributed by atoms with Crippen molar-refractivity contribution in [2.45, 2.75) is 63.3 Å². The average Bonchev–Trinajstić information content (AvgIpc) is 3.31. The van der Waals surface area contributed by atoms with Crippen LogP contribution < -0.4 is 0 Å². The van der Waals surface area contributed by atoms with Gasteiger partial charge in [-0.2, -0.15) is 0 Å². The number of hydrogen-bond acceptors (Lipinski definition) is 5. The molecule has 7 heteroatoms. The maximum absolute atomic E-state index is 6.62. The maximum atomic E-state index is 6.62. The summed E-state index contributed by atoms with van der Waals surface area (Å²) in [5, 5.41) is 0. The molecule has 0 amide bonds. The van der Waals surface area contributed by atoms with Crippen molar-refractivity contribution in [3.05, 3.63) is 0 Å². The topological polar surface area (TPSA) is 52.8 Å². The summed E-state index contributed by atoms with van der Waals surface area (Å²) in [5.74, 6) is 0. The van der Waals surface area contributed by atoms with Crippen LogP contribution in [0.3, 0.4) is 0 Å². The van der Waals surface area contributed by atoms with Crippen molar-refractivity contribution in [2.24, 2.45) is 0 Å². The second kappa shape index (κ2) is 9.08. The molecule has 2 rings (SSSR count). The third-order valence-electron chi connectivity index (χ3n) is 4.10. The van der Waals surface area contributed by atoms with Crippen LogP contribution in [0.15, 0.2) is 0 Å². The first-order valence-corrected chi connectivity index (χ1v) is 15.2. The Kier molecular flexibility index (Phi) is 7.72. The number of epoxide rings is 2. The summed E-state index contributed by atoms with van der Waals surface area (Å²) < 4.78 is 28.2. The zero-order chi connectivity index (χ0) is 16.8. The van der Waals surface area contributed by atoms with Gasteiger partial charge in [-0.3, -0.25) is 0 Å². The highest BCUT2D eigenvalue weighted by Gasteiger charge is 2.32. The van der Waals surface area contributed by atoms with Crippen LogP contribution in [0, 0.1) is 0 Å². The molecule has 0 unspecified atom stereocenters. The summed E-state index contributed by atoms with van der Waals surface area (Å²) in [6.45, 7) is 14.3. The van der Waals surface area contributed by atoms with Gasteiger partial charge in [0.2, 0.25) is 0 Å². The Bertz CT molecular complexity index is 311. The zero-order valence-electron chi connectivity index (χ0n) is 15.3. The molecule has 2 fully saturated rings. The standard InChI is InChI=1S/C16H34O5Si2/c1-22(2,9-5-7-17-11-15-13-19-15)21-23(3,4)10-6-8-18-12-16-14-20-16/h15-16H,5-14H2,1-4H3/t15-,16+. The summed E-state index contributed by atoms with van der Waals surface area (Å²) >= 11 is 0. The smallest absolute Gasteiger partial charge is 0.173 e. The van der Waals surface area contributed by atoms with Crippen molar-refractivity contribution >= 4 is 16.6 Å². The molecule has 2 saturated heterocycles. The summed E-state index contributed by atoms with van der Waals surface area (Å²) in [7, 11) is -3.17. The Labute approximate surface area is 143 Å². The fourth-order valence-electron chi connectivity index (χ4n) is 2.81. The Morgan fingerprint density at radius 3 is 1.52 bits per heavy atom. The first-order valence-electron chi connectivity index (χ1n) is 8.95. The van der Waals surface area contributed by atoms with Gasteiger partial charge in [-0.25, -0.2) is 0 Å². The molecular weight excluding hydrogens is 328 g/mol. The van der Waals surface area contributed by atoms with E-state index in [0.29, 0.717) is 12.2 Å². The van der Waals surface area contributed by atoms with E-state index in [9.17, 15) is 0 Å². The van der Waals surface area contributed by atoms with Crippen LogP contribution in [-0.4, -0.2) is 68.5 Å². The van der Waals surface area contributed by atoms with Crippen molar-refractivity contribution in [3.63, 3.8) is 0 Å². The third kappa shape index (κ3) is 9.96. The summed E-state index contributed by atoms with van der Waals surface area (Å²) in [6, 6.07) is 2.34. The van der Waals surface area contributed by atoms with E-state index in [1.165, 1.54) is 12.1 Å². The van der Waals surface area contributed by atoms with Gasteiger partial charge in [0, 0.05) is 13.2 Å². The molecule has 2 atom stereocenters. The van der Waals surface area contributed by atoms with Gasteiger partial charge in [-0.15, -0.1) is 0 Å². The van der Waals surface area contributed by atoms with E-state index < -0.39 is 16.6 Å². The Hall–Kier alpha value is 0.234. The highest BCUT2D eigenvalue weighted by molar-refractivity contribution is 6.84. The van der Waals surface area contributed by atoms with Crippen LogP contribution >= 0.6 is 0 Å². The average molecular weight is 363 g/mol. The van der Waals surface area contributed by atoms with Crippen LogP contribution in [0.5, 0.6) is 0 Å². The Morgan fingerprint density at radius 1 is 0.783 bits per heavy atom. The van der Waals surface area contributed by atoms with Crippen LogP contribution in [0.4, 0.5) is 0 Å². The van der Waals surface area contributed by atoms with Crippen molar-refractivity contribution < 1.29 is 23.1 Å². The molecule has 0 aromatic rings. The van der Waals surface area contributed by atoms with Crippen molar-refractivity contribution in [1.29, 1.82) is 0 Å². The minimum atomic E-state index is -1.59. The fraction of sp³-hybridized carbons (Fsp3) is 1.00. The van der Waals surface area contributed by atoms with Crippen LogP contribution in [-0.2, 0) is 23.1 Å². The molecule has 23 heavy (non-hydrogen) atoms. The lowest BCUT2D eigenvalue weighted by molar-refractivity contribution is 0.116. The van der Waals surface area contributed by atoms with E-state index in [1.54, 1.807) is 0 Å². The number of ether oxygens (including phenoxy) is 4. The molecule has 5 nitrogen and oxygen atoms in total. The fourth-order valence-corrected chi connectivity index (χ4v) is 11.6. The van der Waals surface area contributed by atoms with E-state index >= 15 is 0 Å². The molecule has 0 aliphatic carbocycles. The van der Waals surface area contributed by atoms with Gasteiger partial charge in [0.25, 0.3) is 0 Å². The summed E-state index contributed by atoms with van der Waals surface area (Å²) in [4.78, 5) is 0. The maximum Gasteiger partial charge on any atom is 0.173 e. The first kappa shape index (κ1) is 19.6. The van der Waals surface area contributed by atoms with E-state index in [0.717, 1.165) is 52.5 Å². The van der Waals surface area contributed by atoms with Crippen molar-refractivity contribution in [2.75, 3.05) is 39.6 Å². The number of hydrogen-bond donors (Lipinski definition) is 0. The lowest BCUT2D eigenvalue weighted by Gasteiger charge is -2.34. The molecule has 2 heterocycles. The minimum Gasteiger partial charge on any atom is -0.455 e. The van der Waals surface area contributed by atoms with E-state index in [1.807, 2.05) is 0 Å². The largest absolute Gasteiger partial charge is 0.455 e. The molecule has 136 valence electrons. The SMILES string of the molecule is C[Si](C)(CCCOC[C@@H]1CO1)O[Si](C)(C)CCCOC[C@H]1CO1. The summed E-state index contributed by atoms with van der Waals surface area (Å²) in [5.41, 5.74) is 0. The molecule has 0 spiro atoms. The first-order chi connectivity index (χ1) is 10.9. The van der Waals surface area contributed by atoms with Gasteiger partial charge in [-0.1, -0.05) is 0 Å². The van der Waals surface area contributed by atoms with E-state index in [-0.39, 0.29) is 0 Å². The molecule has 0 aromatic heterocycles. The minimum absolute atomic E-state index is 0.372. The third-order valence-corrected chi connectivity index (χ3v) is 11.6. The number of rotatable bonds is 14. The van der Waals surface area contributed by atoms with Gasteiger partial charge >= 0.3 is 0 Å². The highest BCUT2D eigenvalue weighted by Crippen LogP contribution is 2.24. The molecule has 2 aliphatic heterocycles. The predicted octanol–water partition coefficient (Wildman–Crippen LogP) is 3.02. The summed E-state index contributed by atoms with van der Waals surface area (Å²) in [6.07, 6.45) is 2.94. The van der Waals surface area contributed by atoms with Crippen LogP contribution in [0.2, 0.25) is 38.3 Å². The highest BCUT2D eigenvalue weighted by atomic mass is 28.4.